The van der Waals surface area contributed by atoms with Crippen LogP contribution < -0.4 is 19.1 Å². The van der Waals surface area contributed by atoms with Gasteiger partial charge < -0.3 is 19.3 Å². The van der Waals surface area contributed by atoms with Crippen LogP contribution in [0, 0.1) is 0 Å². The van der Waals surface area contributed by atoms with Crippen molar-refractivity contribution in [3.63, 3.8) is 0 Å². The molecule has 2 heterocycles. The SMILES string of the molecule is CC(C)Oc1cccc(/C(O)=C2\C(=O)C(=O)N(c3ccc4c(c3)OCCO4)C2c2ccccc2)c1. The van der Waals surface area contributed by atoms with Gasteiger partial charge in [0, 0.05) is 17.3 Å². The molecule has 5 rings (SSSR count). The summed E-state index contributed by atoms with van der Waals surface area (Å²) >= 11 is 0. The Hall–Kier alpha value is -4.26. The van der Waals surface area contributed by atoms with Gasteiger partial charge in [-0.25, -0.2) is 0 Å². The van der Waals surface area contributed by atoms with Gasteiger partial charge >= 0.3 is 0 Å². The molecule has 1 unspecified atom stereocenters. The Morgan fingerprint density at radius 1 is 0.943 bits per heavy atom. The Balaban J connectivity index is 1.65. The van der Waals surface area contributed by atoms with E-state index in [1.165, 1.54) is 4.90 Å². The first kappa shape index (κ1) is 22.5. The Morgan fingerprint density at radius 2 is 1.69 bits per heavy atom. The minimum atomic E-state index is -0.826. The fourth-order valence-corrected chi connectivity index (χ4v) is 4.38. The fourth-order valence-electron chi connectivity index (χ4n) is 4.38. The number of nitrogens with zero attached hydrogens (tertiary/aromatic N) is 1. The maximum absolute atomic E-state index is 13.4. The first-order valence-electron chi connectivity index (χ1n) is 11.5. The van der Waals surface area contributed by atoms with Gasteiger partial charge in [0.2, 0.25) is 0 Å². The lowest BCUT2D eigenvalue weighted by atomic mass is 9.95. The molecule has 0 radical (unpaired) electrons. The van der Waals surface area contributed by atoms with E-state index in [1.807, 2.05) is 44.2 Å². The van der Waals surface area contributed by atoms with Gasteiger partial charge in [-0.3, -0.25) is 14.5 Å². The zero-order valence-corrected chi connectivity index (χ0v) is 19.4. The highest BCUT2D eigenvalue weighted by Gasteiger charge is 2.47. The van der Waals surface area contributed by atoms with E-state index < -0.39 is 17.7 Å². The first-order valence-corrected chi connectivity index (χ1v) is 11.5. The molecule has 0 aliphatic carbocycles. The lowest BCUT2D eigenvalue weighted by molar-refractivity contribution is -0.132. The highest BCUT2D eigenvalue weighted by atomic mass is 16.6. The third-order valence-electron chi connectivity index (χ3n) is 5.84. The smallest absolute Gasteiger partial charge is 0.300 e. The predicted molar refractivity (Wildman–Crippen MR) is 131 cm³/mol. The Kier molecular flexibility index (Phi) is 5.91. The van der Waals surface area contributed by atoms with Crippen molar-refractivity contribution in [1.29, 1.82) is 0 Å². The minimum Gasteiger partial charge on any atom is -0.507 e. The number of hydrogen-bond donors (Lipinski definition) is 1. The minimum absolute atomic E-state index is 0.0118. The zero-order valence-electron chi connectivity index (χ0n) is 19.4. The van der Waals surface area contributed by atoms with Crippen LogP contribution in [-0.2, 0) is 9.59 Å². The molecule has 0 saturated carbocycles. The summed E-state index contributed by atoms with van der Waals surface area (Å²) in [6, 6.07) is 20.3. The molecular formula is C28H25NO6. The van der Waals surface area contributed by atoms with Crippen molar-refractivity contribution in [2.75, 3.05) is 18.1 Å². The second kappa shape index (κ2) is 9.18. The number of rotatable bonds is 5. The normalized spacial score (nSPS) is 18.7. The number of amides is 1. The number of ether oxygens (including phenoxy) is 3. The van der Waals surface area contributed by atoms with Crippen LogP contribution in [0.15, 0.2) is 78.4 Å². The number of fused-ring (bicyclic) bond motifs is 1. The monoisotopic (exact) mass is 471 g/mol. The molecule has 7 nitrogen and oxygen atoms in total. The molecule has 0 aromatic heterocycles. The van der Waals surface area contributed by atoms with Gasteiger partial charge in [0.1, 0.15) is 24.7 Å². The fraction of sp³-hybridized carbons (Fsp3) is 0.214. The molecule has 1 N–H and O–H groups in total. The van der Waals surface area contributed by atoms with E-state index in [1.54, 1.807) is 42.5 Å². The number of carbonyl (C=O) groups is 2. The maximum atomic E-state index is 13.4. The summed E-state index contributed by atoms with van der Waals surface area (Å²) in [5.41, 5.74) is 1.57. The molecule has 3 aromatic rings. The number of benzene rings is 3. The van der Waals surface area contributed by atoms with Crippen molar-refractivity contribution in [2.45, 2.75) is 26.0 Å². The zero-order chi connectivity index (χ0) is 24.5. The summed E-state index contributed by atoms with van der Waals surface area (Å²) in [6.45, 7) is 4.65. The van der Waals surface area contributed by atoms with E-state index >= 15 is 0 Å². The van der Waals surface area contributed by atoms with Crippen LogP contribution in [0.4, 0.5) is 5.69 Å². The number of aliphatic hydroxyl groups excluding tert-OH is 1. The molecule has 0 spiro atoms. The highest BCUT2D eigenvalue weighted by molar-refractivity contribution is 6.51. The lowest BCUT2D eigenvalue weighted by Gasteiger charge is -2.27. The lowest BCUT2D eigenvalue weighted by Crippen LogP contribution is -2.29. The Labute approximate surface area is 203 Å². The molecule has 7 heteroatoms. The van der Waals surface area contributed by atoms with Crippen molar-refractivity contribution >= 4 is 23.1 Å². The first-order chi connectivity index (χ1) is 16.9. The standard InChI is InChI=1S/C28H25NO6/c1-17(2)35-21-10-6-9-19(15-21)26(30)24-25(18-7-4-3-5-8-18)29(28(32)27(24)31)20-11-12-22-23(16-20)34-14-13-33-22/h3-12,15-17,25,30H,13-14H2,1-2H3/b26-24+. The second-order valence-electron chi connectivity index (χ2n) is 8.60. The molecule has 178 valence electrons. The van der Waals surface area contributed by atoms with E-state index in [-0.39, 0.29) is 17.4 Å². The van der Waals surface area contributed by atoms with Crippen LogP contribution in [0.1, 0.15) is 31.0 Å². The summed E-state index contributed by atoms with van der Waals surface area (Å²) < 4.78 is 17.0. The van der Waals surface area contributed by atoms with E-state index in [4.69, 9.17) is 14.2 Å². The van der Waals surface area contributed by atoms with Crippen molar-refractivity contribution in [3.05, 3.63) is 89.5 Å². The van der Waals surface area contributed by atoms with Crippen molar-refractivity contribution < 1.29 is 28.9 Å². The van der Waals surface area contributed by atoms with E-state index in [0.717, 1.165) is 0 Å². The van der Waals surface area contributed by atoms with Gasteiger partial charge in [-0.2, -0.15) is 0 Å². The van der Waals surface area contributed by atoms with Crippen molar-refractivity contribution in [2.24, 2.45) is 0 Å². The van der Waals surface area contributed by atoms with Crippen LogP contribution in [0.3, 0.4) is 0 Å². The molecule has 2 aliphatic heterocycles. The van der Waals surface area contributed by atoms with Crippen LogP contribution in [0.25, 0.3) is 5.76 Å². The second-order valence-corrected chi connectivity index (χ2v) is 8.60. The molecular weight excluding hydrogens is 446 g/mol. The number of carbonyl (C=O) groups excluding carboxylic acids is 2. The summed E-state index contributed by atoms with van der Waals surface area (Å²) in [7, 11) is 0. The van der Waals surface area contributed by atoms with Crippen LogP contribution in [0.2, 0.25) is 0 Å². The van der Waals surface area contributed by atoms with Gasteiger partial charge in [-0.15, -0.1) is 0 Å². The third-order valence-corrected chi connectivity index (χ3v) is 5.84. The summed E-state index contributed by atoms with van der Waals surface area (Å²) in [5, 5.41) is 11.3. The van der Waals surface area contributed by atoms with Gasteiger partial charge in [0.25, 0.3) is 11.7 Å². The van der Waals surface area contributed by atoms with Gasteiger partial charge in [-0.1, -0.05) is 42.5 Å². The summed E-state index contributed by atoms with van der Waals surface area (Å²) in [6.07, 6.45) is -0.0579. The van der Waals surface area contributed by atoms with Crippen LogP contribution in [-0.4, -0.2) is 36.1 Å². The summed E-state index contributed by atoms with van der Waals surface area (Å²) in [4.78, 5) is 28.1. The van der Waals surface area contributed by atoms with E-state index in [0.29, 0.717) is 47.3 Å². The largest absolute Gasteiger partial charge is 0.507 e. The number of ketones is 1. The van der Waals surface area contributed by atoms with Gasteiger partial charge in [0.05, 0.1) is 17.7 Å². The van der Waals surface area contributed by atoms with Crippen molar-refractivity contribution in [1.82, 2.24) is 0 Å². The predicted octanol–water partition coefficient (Wildman–Crippen LogP) is 4.87. The quantitative estimate of drug-likeness (QED) is 0.325. The summed E-state index contributed by atoms with van der Waals surface area (Å²) in [5.74, 6) is -0.114. The molecule has 1 fully saturated rings. The number of hydrogen-bond acceptors (Lipinski definition) is 6. The maximum Gasteiger partial charge on any atom is 0.300 e. The van der Waals surface area contributed by atoms with Crippen LogP contribution in [0.5, 0.6) is 17.2 Å². The topological polar surface area (TPSA) is 85.3 Å². The molecule has 2 aliphatic rings. The Bertz CT molecular complexity index is 1310. The van der Waals surface area contributed by atoms with E-state index in [9.17, 15) is 14.7 Å². The molecule has 1 amide bonds. The number of anilines is 1. The average Bonchev–Trinajstić information content (AvgIpc) is 3.14. The molecule has 3 aromatic carbocycles. The van der Waals surface area contributed by atoms with Gasteiger partial charge in [0.15, 0.2) is 11.5 Å². The van der Waals surface area contributed by atoms with E-state index in [2.05, 4.69) is 0 Å². The third kappa shape index (κ3) is 4.21. The van der Waals surface area contributed by atoms with Gasteiger partial charge in [-0.05, 0) is 43.7 Å². The molecule has 1 saturated heterocycles. The molecule has 0 bridgehead atoms. The van der Waals surface area contributed by atoms with Crippen LogP contribution >= 0.6 is 0 Å². The number of aliphatic hydroxyl groups is 1. The average molecular weight is 472 g/mol. The molecule has 1 atom stereocenters. The molecule has 35 heavy (non-hydrogen) atoms. The Morgan fingerprint density at radius 3 is 2.43 bits per heavy atom. The highest BCUT2D eigenvalue weighted by Crippen LogP contribution is 2.44. The van der Waals surface area contributed by atoms with Crippen molar-refractivity contribution in [3.8, 4) is 17.2 Å². The number of Topliss-reactive ketones (excluding diaryl/α,β-unsaturated/α-hetero) is 1.